The maximum Gasteiger partial charge on any atom is 0.320 e. The van der Waals surface area contributed by atoms with Gasteiger partial charge in [-0.2, -0.15) is 0 Å². The minimum absolute atomic E-state index is 0.127. The molecule has 0 spiro atoms. The third-order valence-corrected chi connectivity index (χ3v) is 5.26. The van der Waals surface area contributed by atoms with Gasteiger partial charge >= 0.3 is 12.0 Å². The number of carboxylic acids is 1. The van der Waals surface area contributed by atoms with Gasteiger partial charge in [-0.25, -0.2) is 4.79 Å². The molecule has 0 fully saturated rings. The van der Waals surface area contributed by atoms with E-state index in [2.05, 4.69) is 10.6 Å². The first-order valence-electron chi connectivity index (χ1n) is 9.67. The molecule has 0 aliphatic carbocycles. The summed E-state index contributed by atoms with van der Waals surface area (Å²) < 4.78 is 6.82. The molecule has 3 rings (SSSR count). The van der Waals surface area contributed by atoms with Crippen LogP contribution < -0.4 is 16.2 Å². The second-order valence-corrected chi connectivity index (χ2v) is 7.64. The number of carboxylic acid groups (broad SMARTS) is 1. The number of aromatic nitrogens is 1. The summed E-state index contributed by atoms with van der Waals surface area (Å²) in [6.45, 7) is 3.64. The van der Waals surface area contributed by atoms with Crippen molar-refractivity contribution in [3.63, 3.8) is 0 Å². The molecular weight excluding hydrogens is 438 g/mol. The summed E-state index contributed by atoms with van der Waals surface area (Å²) in [5, 5.41) is 24.6. The molecule has 1 aromatic carbocycles. The van der Waals surface area contributed by atoms with Gasteiger partial charge in [0.25, 0.3) is 5.56 Å². The number of urea groups is 1. The number of carbonyl (C=O) groups is 2. The van der Waals surface area contributed by atoms with Crippen molar-refractivity contribution >= 4 is 29.3 Å². The molecule has 2 aromatic heterocycles. The lowest BCUT2D eigenvalue weighted by Gasteiger charge is -2.16. The van der Waals surface area contributed by atoms with Crippen molar-refractivity contribution in [3.8, 4) is 5.75 Å². The van der Waals surface area contributed by atoms with Crippen molar-refractivity contribution in [2.24, 2.45) is 0 Å². The van der Waals surface area contributed by atoms with Crippen LogP contribution in [0, 0.1) is 13.8 Å². The molecule has 10 heteroatoms. The Hall–Kier alpha value is -3.72. The molecule has 0 aliphatic rings. The Morgan fingerprint density at radius 1 is 1.22 bits per heavy atom. The van der Waals surface area contributed by atoms with Crippen molar-refractivity contribution in [3.05, 3.63) is 80.6 Å². The lowest BCUT2D eigenvalue weighted by molar-refractivity contribution is -0.137. The van der Waals surface area contributed by atoms with E-state index < -0.39 is 35.8 Å². The highest BCUT2D eigenvalue weighted by Gasteiger charge is 2.23. The van der Waals surface area contributed by atoms with Gasteiger partial charge in [-0.3, -0.25) is 9.59 Å². The topological polar surface area (TPSA) is 134 Å². The molecule has 9 nitrogen and oxygen atoms in total. The molecule has 1 atom stereocenters. The predicted molar refractivity (Wildman–Crippen MR) is 118 cm³/mol. The number of anilines is 1. The number of amides is 2. The fourth-order valence-corrected chi connectivity index (χ4v) is 3.29. The molecule has 0 aliphatic heterocycles. The minimum Gasteiger partial charge on any atom is -0.505 e. The van der Waals surface area contributed by atoms with Crippen molar-refractivity contribution in [1.29, 1.82) is 0 Å². The zero-order valence-corrected chi connectivity index (χ0v) is 18.1. The number of pyridine rings is 1. The number of nitrogens with one attached hydrogen (secondary N) is 2. The first-order chi connectivity index (χ1) is 15.2. The Kier molecular flexibility index (Phi) is 6.89. The summed E-state index contributed by atoms with van der Waals surface area (Å²) in [5.41, 5.74) is 0.487. The summed E-state index contributed by atoms with van der Waals surface area (Å²) in [5.74, 6) is -0.710. The zero-order valence-electron chi connectivity index (χ0n) is 17.4. The van der Waals surface area contributed by atoms with E-state index in [1.165, 1.54) is 16.8 Å². The monoisotopic (exact) mass is 459 g/mol. The van der Waals surface area contributed by atoms with E-state index in [4.69, 9.17) is 16.0 Å². The average Bonchev–Trinajstić information content (AvgIpc) is 3.06. The third-order valence-electron chi connectivity index (χ3n) is 4.89. The molecule has 1 unspecified atom stereocenters. The van der Waals surface area contributed by atoms with E-state index in [1.807, 2.05) is 0 Å². The number of furan rings is 1. The van der Waals surface area contributed by atoms with Crippen LogP contribution in [-0.4, -0.2) is 26.8 Å². The van der Waals surface area contributed by atoms with Crippen LogP contribution in [0.25, 0.3) is 0 Å². The molecule has 0 saturated heterocycles. The number of hydrogen-bond acceptors (Lipinski definition) is 5. The summed E-state index contributed by atoms with van der Waals surface area (Å²) >= 11 is 6.15. The molecule has 168 valence electrons. The van der Waals surface area contributed by atoms with E-state index >= 15 is 0 Å². The molecule has 0 radical (unpaired) electrons. The second kappa shape index (κ2) is 9.61. The van der Waals surface area contributed by atoms with Gasteiger partial charge in [0.15, 0.2) is 5.69 Å². The number of aryl methyl sites for hydroxylation is 2. The van der Waals surface area contributed by atoms with Gasteiger partial charge < -0.3 is 29.8 Å². The maximum absolute atomic E-state index is 12.8. The number of hydrogen-bond donors (Lipinski definition) is 4. The average molecular weight is 460 g/mol. The SMILES string of the molecule is Cc1cc(C(CC(=O)O)NC(=O)Nc2c(O)ccn(Cc3ccccc3Cl)c2=O)oc1C. The number of halogens is 1. The fourth-order valence-electron chi connectivity index (χ4n) is 3.10. The van der Waals surface area contributed by atoms with Crippen LogP contribution in [0.5, 0.6) is 5.75 Å². The van der Waals surface area contributed by atoms with E-state index in [-0.39, 0.29) is 18.0 Å². The predicted octanol–water partition coefficient (Wildman–Crippen LogP) is 3.80. The second-order valence-electron chi connectivity index (χ2n) is 7.24. The van der Waals surface area contributed by atoms with Crippen molar-refractivity contribution in [2.45, 2.75) is 32.9 Å². The van der Waals surface area contributed by atoms with Gasteiger partial charge in [-0.05, 0) is 43.2 Å². The summed E-state index contributed by atoms with van der Waals surface area (Å²) in [6, 6.07) is 8.04. The lowest BCUT2D eigenvalue weighted by Crippen LogP contribution is -2.36. The van der Waals surface area contributed by atoms with Crippen LogP contribution in [0.3, 0.4) is 0 Å². The van der Waals surface area contributed by atoms with Crippen molar-refractivity contribution in [2.75, 3.05) is 5.32 Å². The highest BCUT2D eigenvalue weighted by molar-refractivity contribution is 6.31. The van der Waals surface area contributed by atoms with Gasteiger partial charge in [-0.15, -0.1) is 0 Å². The Labute approximate surface area is 188 Å². The summed E-state index contributed by atoms with van der Waals surface area (Å²) in [7, 11) is 0. The molecule has 0 saturated carbocycles. The van der Waals surface area contributed by atoms with Crippen LogP contribution in [0.4, 0.5) is 10.5 Å². The van der Waals surface area contributed by atoms with Crippen molar-refractivity contribution < 1.29 is 24.2 Å². The lowest BCUT2D eigenvalue weighted by atomic mass is 10.1. The summed E-state index contributed by atoms with van der Waals surface area (Å²) in [4.78, 5) is 36.6. The minimum atomic E-state index is -1.15. The smallest absolute Gasteiger partial charge is 0.320 e. The molecule has 3 aromatic rings. The Morgan fingerprint density at radius 3 is 2.56 bits per heavy atom. The third kappa shape index (κ3) is 5.30. The van der Waals surface area contributed by atoms with Crippen LogP contribution in [-0.2, 0) is 11.3 Å². The maximum atomic E-state index is 12.8. The van der Waals surface area contributed by atoms with Gasteiger partial charge in [-0.1, -0.05) is 29.8 Å². The van der Waals surface area contributed by atoms with Gasteiger partial charge in [0, 0.05) is 11.2 Å². The first kappa shape index (κ1) is 23.0. The van der Waals surface area contributed by atoms with Crippen molar-refractivity contribution in [1.82, 2.24) is 9.88 Å². The largest absolute Gasteiger partial charge is 0.505 e. The Morgan fingerprint density at radius 2 is 1.94 bits per heavy atom. The van der Waals surface area contributed by atoms with Crippen LogP contribution in [0.1, 0.15) is 35.1 Å². The molecule has 2 heterocycles. The number of carbonyl (C=O) groups excluding carboxylic acids is 1. The van der Waals surface area contributed by atoms with Gasteiger partial charge in [0.1, 0.15) is 17.3 Å². The first-order valence-corrected chi connectivity index (χ1v) is 10.1. The van der Waals surface area contributed by atoms with E-state index in [1.54, 1.807) is 44.2 Å². The molecule has 32 heavy (non-hydrogen) atoms. The van der Waals surface area contributed by atoms with Crippen LogP contribution in [0.2, 0.25) is 5.02 Å². The zero-order chi connectivity index (χ0) is 23.4. The van der Waals surface area contributed by atoms with Gasteiger partial charge in [0.2, 0.25) is 0 Å². The number of aromatic hydroxyl groups is 1. The molecule has 0 bridgehead atoms. The standard InChI is InChI=1S/C22H22ClN3O6/c1-12-9-18(32-13(12)2)16(10-19(28)29)24-22(31)25-20-17(27)7-8-26(21(20)30)11-14-5-3-4-6-15(14)23/h3-9,16,27H,10-11H2,1-2H3,(H,28,29)(H2,24,25,31). The Bertz CT molecular complexity index is 1200. The number of rotatable bonds is 7. The number of aliphatic carboxylic acids is 1. The van der Waals surface area contributed by atoms with E-state index in [0.29, 0.717) is 16.3 Å². The van der Waals surface area contributed by atoms with Crippen LogP contribution in [0.15, 0.2) is 51.8 Å². The highest BCUT2D eigenvalue weighted by atomic mass is 35.5. The molecule has 4 N–H and O–H groups in total. The van der Waals surface area contributed by atoms with E-state index in [9.17, 15) is 24.6 Å². The van der Waals surface area contributed by atoms with Gasteiger partial charge in [0.05, 0.1) is 19.0 Å². The quantitative estimate of drug-likeness (QED) is 0.424. The number of benzene rings is 1. The Balaban J connectivity index is 1.82. The molecule has 2 amide bonds. The molecular formula is C22H22ClN3O6. The van der Waals surface area contributed by atoms with Crippen LogP contribution >= 0.6 is 11.6 Å². The highest BCUT2D eigenvalue weighted by Crippen LogP contribution is 2.24. The number of nitrogens with zero attached hydrogens (tertiary/aromatic N) is 1. The normalized spacial score (nSPS) is 11.7. The fraction of sp³-hybridized carbons (Fsp3) is 0.227. The van der Waals surface area contributed by atoms with E-state index in [0.717, 1.165) is 5.56 Å². The summed E-state index contributed by atoms with van der Waals surface area (Å²) in [6.07, 6.45) is 0.947.